The summed E-state index contributed by atoms with van der Waals surface area (Å²) in [6, 6.07) is 1.45. The van der Waals surface area contributed by atoms with Crippen molar-refractivity contribution in [3.8, 4) is 0 Å². The fourth-order valence-corrected chi connectivity index (χ4v) is 6.61. The molecule has 1 aromatic carbocycles. The normalized spacial score (nSPS) is 24.4. The number of sulfonamides is 1. The average molecular weight is 476 g/mol. The van der Waals surface area contributed by atoms with Crippen LogP contribution in [0.15, 0.2) is 17.6 Å². The van der Waals surface area contributed by atoms with Crippen LogP contribution in [0.5, 0.6) is 0 Å². The van der Waals surface area contributed by atoms with E-state index >= 15 is 0 Å². The number of anilines is 1. The average Bonchev–Trinajstić information content (AvgIpc) is 3.32. The number of amides is 3. The van der Waals surface area contributed by atoms with E-state index < -0.39 is 27.7 Å². The summed E-state index contributed by atoms with van der Waals surface area (Å²) >= 11 is 0. The monoisotopic (exact) mass is 475 g/mol. The molecule has 9 heteroatoms. The SMILES string of the molecule is CC(C)(C)C1CN(C(=O)O)C1(C)C=CS(=O)(=O)NC(=O)Nc1c2c(cc3c1CCC3)CCC2. The van der Waals surface area contributed by atoms with Gasteiger partial charge in [-0.25, -0.2) is 22.7 Å². The molecule has 1 aromatic rings. The molecule has 3 N–H and O–H groups in total. The molecular weight excluding hydrogens is 442 g/mol. The quantitative estimate of drug-likeness (QED) is 0.608. The summed E-state index contributed by atoms with van der Waals surface area (Å²) in [6.07, 6.45) is 6.06. The van der Waals surface area contributed by atoms with E-state index in [1.807, 2.05) is 20.8 Å². The molecule has 1 saturated heterocycles. The summed E-state index contributed by atoms with van der Waals surface area (Å²) in [5.74, 6) is -0.0594. The van der Waals surface area contributed by atoms with Crippen LogP contribution in [0.2, 0.25) is 0 Å². The van der Waals surface area contributed by atoms with Crippen molar-refractivity contribution in [3.05, 3.63) is 39.8 Å². The first-order chi connectivity index (χ1) is 15.3. The maximum absolute atomic E-state index is 12.7. The van der Waals surface area contributed by atoms with E-state index in [2.05, 4.69) is 16.1 Å². The topological polar surface area (TPSA) is 116 Å². The number of aryl methyl sites for hydroxylation is 2. The van der Waals surface area contributed by atoms with E-state index in [1.165, 1.54) is 22.1 Å². The molecule has 2 aliphatic carbocycles. The predicted molar refractivity (Wildman–Crippen MR) is 127 cm³/mol. The Morgan fingerprint density at radius 2 is 1.70 bits per heavy atom. The van der Waals surface area contributed by atoms with Gasteiger partial charge in [0.1, 0.15) is 0 Å². The number of hydrogen-bond acceptors (Lipinski definition) is 4. The van der Waals surface area contributed by atoms with Crippen LogP contribution in [0.25, 0.3) is 0 Å². The number of fused-ring (bicyclic) bond motifs is 2. The highest BCUT2D eigenvalue weighted by Gasteiger charge is 2.55. The Labute approximate surface area is 195 Å². The van der Waals surface area contributed by atoms with Gasteiger partial charge in [-0.1, -0.05) is 26.8 Å². The number of benzene rings is 1. The number of nitrogens with one attached hydrogen (secondary N) is 2. The molecule has 1 aliphatic heterocycles. The Morgan fingerprint density at radius 1 is 1.12 bits per heavy atom. The van der Waals surface area contributed by atoms with Crippen molar-refractivity contribution in [1.82, 2.24) is 9.62 Å². The highest BCUT2D eigenvalue weighted by atomic mass is 32.2. The van der Waals surface area contributed by atoms with Crippen LogP contribution in [-0.4, -0.2) is 42.6 Å². The van der Waals surface area contributed by atoms with Gasteiger partial charge in [0.05, 0.1) is 5.54 Å². The number of carbonyl (C=O) groups is 2. The first-order valence-electron chi connectivity index (χ1n) is 11.5. The Balaban J connectivity index is 1.51. The predicted octanol–water partition coefficient (Wildman–Crippen LogP) is 4.04. The molecule has 1 fully saturated rings. The molecule has 0 bridgehead atoms. The molecule has 1 heterocycles. The highest BCUT2D eigenvalue weighted by molar-refractivity contribution is 7.92. The maximum atomic E-state index is 12.7. The van der Waals surface area contributed by atoms with E-state index in [0.717, 1.165) is 60.7 Å². The van der Waals surface area contributed by atoms with Gasteiger partial charge in [-0.05, 0) is 79.2 Å². The van der Waals surface area contributed by atoms with Crippen molar-refractivity contribution in [2.45, 2.75) is 71.8 Å². The third kappa shape index (κ3) is 4.35. The minimum absolute atomic E-state index is 0.0594. The lowest BCUT2D eigenvalue weighted by Gasteiger charge is -2.58. The van der Waals surface area contributed by atoms with Gasteiger partial charge in [-0.3, -0.25) is 4.90 Å². The minimum Gasteiger partial charge on any atom is -0.465 e. The molecule has 2 atom stereocenters. The molecule has 0 aromatic heterocycles. The van der Waals surface area contributed by atoms with Gasteiger partial charge in [0.2, 0.25) is 0 Å². The Morgan fingerprint density at radius 3 is 2.21 bits per heavy atom. The summed E-state index contributed by atoms with van der Waals surface area (Å²) in [7, 11) is -4.12. The van der Waals surface area contributed by atoms with Crippen molar-refractivity contribution in [2.24, 2.45) is 11.3 Å². The molecule has 3 aliphatic rings. The fraction of sp³-hybridized carbons (Fsp3) is 0.583. The van der Waals surface area contributed by atoms with Crippen LogP contribution < -0.4 is 10.0 Å². The standard InChI is InChI=1S/C24H33N3O5S/c1-23(2,3)19-14-27(22(29)30)24(19,4)11-12-33(31,32)26-21(28)25-20-17-9-5-7-15(17)13-16-8-6-10-18(16)20/h11-13,19H,5-10,14H2,1-4H3,(H,29,30)(H2,25,26,28). The van der Waals surface area contributed by atoms with Crippen molar-refractivity contribution in [1.29, 1.82) is 0 Å². The Bertz CT molecular complexity index is 1100. The first-order valence-corrected chi connectivity index (χ1v) is 13.1. The lowest BCUT2D eigenvalue weighted by molar-refractivity contribution is -0.0678. The second-order valence-corrected chi connectivity index (χ2v) is 12.2. The summed E-state index contributed by atoms with van der Waals surface area (Å²) in [4.78, 5) is 25.5. The van der Waals surface area contributed by atoms with E-state index in [1.54, 1.807) is 6.92 Å². The molecule has 33 heavy (non-hydrogen) atoms. The molecule has 4 rings (SSSR count). The van der Waals surface area contributed by atoms with E-state index in [-0.39, 0.29) is 11.3 Å². The first kappa shape index (κ1) is 23.6. The smallest absolute Gasteiger partial charge is 0.408 e. The fourth-order valence-electron chi connectivity index (χ4n) is 5.78. The van der Waals surface area contributed by atoms with Crippen LogP contribution in [0, 0.1) is 11.3 Å². The maximum Gasteiger partial charge on any atom is 0.408 e. The molecule has 0 saturated carbocycles. The summed E-state index contributed by atoms with van der Waals surface area (Å²) in [5.41, 5.74) is 4.30. The van der Waals surface area contributed by atoms with Crippen molar-refractivity contribution >= 4 is 27.8 Å². The second-order valence-electron chi connectivity index (χ2n) is 10.7. The zero-order valence-electron chi connectivity index (χ0n) is 19.7. The minimum atomic E-state index is -4.12. The summed E-state index contributed by atoms with van der Waals surface area (Å²) in [6.45, 7) is 8.04. The number of likely N-dealkylation sites (tertiary alicyclic amines) is 1. The van der Waals surface area contributed by atoms with Crippen molar-refractivity contribution < 1.29 is 23.1 Å². The Hall–Kier alpha value is -2.55. The molecule has 8 nitrogen and oxygen atoms in total. The number of carboxylic acid groups (broad SMARTS) is 1. The van der Waals surface area contributed by atoms with Crippen LogP contribution in [0.1, 0.15) is 62.8 Å². The Kier molecular flexibility index (Phi) is 5.75. The van der Waals surface area contributed by atoms with Gasteiger partial charge in [0.15, 0.2) is 0 Å². The van der Waals surface area contributed by atoms with Gasteiger partial charge in [-0.2, -0.15) is 0 Å². The lowest BCUT2D eigenvalue weighted by Crippen LogP contribution is -2.69. The number of urea groups is 1. The van der Waals surface area contributed by atoms with Crippen LogP contribution in [0.3, 0.4) is 0 Å². The third-order valence-corrected chi connectivity index (χ3v) is 8.42. The van der Waals surface area contributed by atoms with Gasteiger partial charge in [-0.15, -0.1) is 0 Å². The summed E-state index contributed by atoms with van der Waals surface area (Å²) < 4.78 is 27.5. The molecule has 0 radical (unpaired) electrons. The van der Waals surface area contributed by atoms with Gasteiger partial charge in [0, 0.05) is 23.6 Å². The van der Waals surface area contributed by atoms with Crippen LogP contribution in [-0.2, 0) is 35.7 Å². The lowest BCUT2D eigenvalue weighted by atomic mass is 9.63. The summed E-state index contributed by atoms with van der Waals surface area (Å²) in [5, 5.41) is 13.2. The zero-order chi connectivity index (χ0) is 24.2. The van der Waals surface area contributed by atoms with Gasteiger partial charge in [0.25, 0.3) is 10.0 Å². The van der Waals surface area contributed by atoms with E-state index in [0.29, 0.717) is 6.54 Å². The molecule has 2 unspecified atom stereocenters. The molecule has 180 valence electrons. The van der Waals surface area contributed by atoms with E-state index in [9.17, 15) is 23.1 Å². The van der Waals surface area contributed by atoms with Gasteiger partial charge < -0.3 is 10.4 Å². The van der Waals surface area contributed by atoms with Crippen LogP contribution in [0.4, 0.5) is 15.3 Å². The van der Waals surface area contributed by atoms with Crippen molar-refractivity contribution in [3.63, 3.8) is 0 Å². The number of hydrogen-bond donors (Lipinski definition) is 3. The third-order valence-electron chi connectivity index (χ3n) is 7.46. The largest absolute Gasteiger partial charge is 0.465 e. The highest BCUT2D eigenvalue weighted by Crippen LogP contribution is 2.47. The van der Waals surface area contributed by atoms with Crippen LogP contribution >= 0.6 is 0 Å². The number of rotatable bonds is 4. The molecule has 0 spiro atoms. The van der Waals surface area contributed by atoms with Gasteiger partial charge >= 0.3 is 12.1 Å². The molecular formula is C24H33N3O5S. The second kappa shape index (κ2) is 8.04. The molecule has 3 amide bonds. The number of carbonyl (C=O) groups excluding carboxylic acids is 1. The van der Waals surface area contributed by atoms with E-state index in [4.69, 9.17) is 0 Å². The van der Waals surface area contributed by atoms with Crippen molar-refractivity contribution in [2.75, 3.05) is 11.9 Å². The zero-order valence-corrected chi connectivity index (χ0v) is 20.5. The number of nitrogens with zero attached hydrogens (tertiary/aromatic N) is 1.